The molecule has 1 heterocycles. The molecule has 2 aromatic carbocycles. The summed E-state index contributed by atoms with van der Waals surface area (Å²) in [6, 6.07) is 14.0. The van der Waals surface area contributed by atoms with E-state index in [-0.39, 0.29) is 24.3 Å². The Labute approximate surface area is 129 Å². The highest BCUT2D eigenvalue weighted by Crippen LogP contribution is 2.28. The molecule has 3 rings (SSSR count). The second kappa shape index (κ2) is 5.72. The number of amides is 1. The molecule has 0 fully saturated rings. The lowest BCUT2D eigenvalue weighted by Crippen LogP contribution is -2.38. The lowest BCUT2D eigenvalue weighted by atomic mass is 10.00. The average Bonchev–Trinajstić information content (AvgIpc) is 2.64. The van der Waals surface area contributed by atoms with Crippen molar-refractivity contribution in [1.82, 2.24) is 0 Å². The van der Waals surface area contributed by atoms with Gasteiger partial charge in [0.25, 0.3) is 0 Å². The van der Waals surface area contributed by atoms with Gasteiger partial charge in [0.15, 0.2) is 0 Å². The van der Waals surface area contributed by atoms with Crippen molar-refractivity contribution in [1.29, 1.82) is 0 Å². The molecular weight excluding hydrogens is 279 g/mol. The van der Waals surface area contributed by atoms with Crippen LogP contribution in [0.4, 0.5) is 10.1 Å². The van der Waals surface area contributed by atoms with E-state index in [4.69, 9.17) is 0 Å². The van der Waals surface area contributed by atoms with E-state index in [1.54, 1.807) is 17.0 Å². The maximum Gasteiger partial charge on any atom is 0.248 e. The standard InChI is InChI=1S/C18H17FN2O/c1-12(2)21-16-6-4-3-5-15(16)18(20-11-17(21)22)13-7-9-14(19)10-8-13/h3-10,12H,11H2,1-2H3. The zero-order chi connectivity index (χ0) is 15.7. The van der Waals surface area contributed by atoms with Gasteiger partial charge >= 0.3 is 0 Å². The fraction of sp³-hybridized carbons (Fsp3) is 0.222. The maximum atomic E-state index is 13.2. The number of fused-ring (bicyclic) bond motifs is 1. The van der Waals surface area contributed by atoms with Crippen molar-refractivity contribution in [3.05, 3.63) is 65.5 Å². The first kappa shape index (κ1) is 14.4. The zero-order valence-corrected chi connectivity index (χ0v) is 12.6. The van der Waals surface area contributed by atoms with Crippen molar-refractivity contribution in [3.8, 4) is 0 Å². The van der Waals surface area contributed by atoms with E-state index in [1.165, 1.54) is 12.1 Å². The van der Waals surface area contributed by atoms with Gasteiger partial charge in [-0.25, -0.2) is 4.39 Å². The van der Waals surface area contributed by atoms with E-state index < -0.39 is 0 Å². The first-order valence-corrected chi connectivity index (χ1v) is 7.30. The minimum atomic E-state index is -0.286. The highest BCUT2D eigenvalue weighted by Gasteiger charge is 2.26. The number of anilines is 1. The summed E-state index contributed by atoms with van der Waals surface area (Å²) < 4.78 is 13.2. The van der Waals surface area contributed by atoms with E-state index in [1.807, 2.05) is 38.1 Å². The van der Waals surface area contributed by atoms with Crippen molar-refractivity contribution in [2.45, 2.75) is 19.9 Å². The molecule has 0 radical (unpaired) electrons. The van der Waals surface area contributed by atoms with Crippen molar-refractivity contribution in [3.63, 3.8) is 0 Å². The van der Waals surface area contributed by atoms with Crippen LogP contribution in [0.15, 0.2) is 53.5 Å². The number of para-hydroxylation sites is 1. The molecule has 3 nitrogen and oxygen atoms in total. The summed E-state index contributed by atoms with van der Waals surface area (Å²) in [6.45, 7) is 4.06. The van der Waals surface area contributed by atoms with E-state index in [9.17, 15) is 9.18 Å². The normalized spacial score (nSPS) is 14.6. The van der Waals surface area contributed by atoms with E-state index in [0.29, 0.717) is 0 Å². The van der Waals surface area contributed by atoms with E-state index in [0.717, 1.165) is 22.5 Å². The Morgan fingerprint density at radius 1 is 1.09 bits per heavy atom. The summed E-state index contributed by atoms with van der Waals surface area (Å²) in [6.07, 6.45) is 0. The number of hydrogen-bond donors (Lipinski definition) is 0. The van der Waals surface area contributed by atoms with Crippen molar-refractivity contribution < 1.29 is 9.18 Å². The molecule has 112 valence electrons. The van der Waals surface area contributed by atoms with Gasteiger partial charge in [-0.15, -0.1) is 0 Å². The van der Waals surface area contributed by atoms with E-state index >= 15 is 0 Å². The largest absolute Gasteiger partial charge is 0.308 e. The van der Waals surface area contributed by atoms with Gasteiger partial charge in [0.05, 0.1) is 11.4 Å². The molecule has 0 bridgehead atoms. The maximum absolute atomic E-state index is 13.2. The Balaban J connectivity index is 2.17. The molecule has 0 saturated carbocycles. The minimum absolute atomic E-state index is 0.0282. The molecule has 2 aromatic rings. The predicted molar refractivity (Wildman–Crippen MR) is 86.0 cm³/mol. The summed E-state index contributed by atoms with van der Waals surface area (Å²) in [7, 11) is 0. The molecule has 0 unspecified atom stereocenters. The fourth-order valence-corrected chi connectivity index (χ4v) is 2.75. The Kier molecular flexibility index (Phi) is 3.75. The number of nitrogens with zero attached hydrogens (tertiary/aromatic N) is 2. The Hall–Kier alpha value is -2.49. The molecule has 1 aliphatic rings. The van der Waals surface area contributed by atoms with Crippen LogP contribution in [0.2, 0.25) is 0 Å². The molecular formula is C18H17FN2O. The second-order valence-corrected chi connectivity index (χ2v) is 5.55. The summed E-state index contributed by atoms with van der Waals surface area (Å²) in [5.41, 5.74) is 3.29. The fourth-order valence-electron chi connectivity index (χ4n) is 2.75. The lowest BCUT2D eigenvalue weighted by Gasteiger charge is -2.26. The molecule has 0 spiro atoms. The summed E-state index contributed by atoms with van der Waals surface area (Å²) in [5, 5.41) is 0. The van der Waals surface area contributed by atoms with Crippen LogP contribution in [0.1, 0.15) is 25.0 Å². The van der Waals surface area contributed by atoms with Gasteiger partial charge < -0.3 is 4.90 Å². The molecule has 1 amide bonds. The minimum Gasteiger partial charge on any atom is -0.308 e. The summed E-state index contributed by atoms with van der Waals surface area (Å²) in [4.78, 5) is 18.7. The summed E-state index contributed by atoms with van der Waals surface area (Å²) >= 11 is 0. The summed E-state index contributed by atoms with van der Waals surface area (Å²) in [5.74, 6) is -0.314. The van der Waals surface area contributed by atoms with Gasteiger partial charge in [-0.2, -0.15) is 0 Å². The van der Waals surface area contributed by atoms with Crippen LogP contribution < -0.4 is 4.90 Å². The third-order valence-corrected chi connectivity index (χ3v) is 3.69. The molecule has 0 aliphatic carbocycles. The zero-order valence-electron chi connectivity index (χ0n) is 12.6. The smallest absolute Gasteiger partial charge is 0.248 e. The lowest BCUT2D eigenvalue weighted by molar-refractivity contribution is -0.117. The third-order valence-electron chi connectivity index (χ3n) is 3.69. The topological polar surface area (TPSA) is 32.7 Å². The molecule has 4 heteroatoms. The number of benzene rings is 2. The van der Waals surface area contributed by atoms with Crippen LogP contribution >= 0.6 is 0 Å². The van der Waals surface area contributed by atoms with Crippen LogP contribution in [-0.2, 0) is 4.79 Å². The quantitative estimate of drug-likeness (QED) is 0.836. The molecule has 0 saturated heterocycles. The van der Waals surface area contributed by atoms with E-state index in [2.05, 4.69) is 4.99 Å². The van der Waals surface area contributed by atoms with Gasteiger partial charge in [0, 0.05) is 17.2 Å². The van der Waals surface area contributed by atoms with Gasteiger partial charge in [-0.3, -0.25) is 9.79 Å². The number of hydrogen-bond acceptors (Lipinski definition) is 2. The van der Waals surface area contributed by atoms with Crippen LogP contribution in [-0.4, -0.2) is 24.2 Å². The number of carbonyl (C=O) groups is 1. The molecule has 0 N–H and O–H groups in total. The van der Waals surface area contributed by atoms with Crippen molar-refractivity contribution >= 4 is 17.3 Å². The average molecular weight is 296 g/mol. The van der Waals surface area contributed by atoms with Crippen LogP contribution in [0, 0.1) is 5.82 Å². The first-order valence-electron chi connectivity index (χ1n) is 7.30. The number of rotatable bonds is 2. The Morgan fingerprint density at radius 3 is 2.45 bits per heavy atom. The van der Waals surface area contributed by atoms with Crippen molar-refractivity contribution in [2.75, 3.05) is 11.4 Å². The molecule has 0 atom stereocenters. The molecule has 1 aliphatic heterocycles. The number of benzodiazepines with no additional fused rings is 1. The monoisotopic (exact) mass is 296 g/mol. The second-order valence-electron chi connectivity index (χ2n) is 5.55. The number of halogens is 1. The highest BCUT2D eigenvalue weighted by molar-refractivity contribution is 6.19. The first-order chi connectivity index (χ1) is 10.6. The van der Waals surface area contributed by atoms with Crippen molar-refractivity contribution in [2.24, 2.45) is 4.99 Å². The Bertz CT molecular complexity index is 735. The van der Waals surface area contributed by atoms with Crippen LogP contribution in [0.3, 0.4) is 0 Å². The van der Waals surface area contributed by atoms with Gasteiger partial charge in [0.1, 0.15) is 12.4 Å². The van der Waals surface area contributed by atoms with Gasteiger partial charge in [-0.05, 0) is 44.2 Å². The number of aliphatic imine (C=N–C) groups is 1. The van der Waals surface area contributed by atoms with Crippen LogP contribution in [0.5, 0.6) is 0 Å². The molecule has 22 heavy (non-hydrogen) atoms. The molecule has 0 aromatic heterocycles. The highest BCUT2D eigenvalue weighted by atomic mass is 19.1. The van der Waals surface area contributed by atoms with Gasteiger partial charge in [0.2, 0.25) is 5.91 Å². The van der Waals surface area contributed by atoms with Gasteiger partial charge in [-0.1, -0.05) is 18.2 Å². The van der Waals surface area contributed by atoms with Crippen LogP contribution in [0.25, 0.3) is 0 Å². The third kappa shape index (κ3) is 2.52. The Morgan fingerprint density at radius 2 is 1.77 bits per heavy atom. The number of carbonyl (C=O) groups excluding carboxylic acids is 1. The SMILES string of the molecule is CC(C)N1C(=O)CN=C(c2ccc(F)cc2)c2ccccc21. The predicted octanol–water partition coefficient (Wildman–Crippen LogP) is 3.42.